The third kappa shape index (κ3) is 3.36. The fourth-order valence-electron chi connectivity index (χ4n) is 2.73. The van der Waals surface area contributed by atoms with Gasteiger partial charge >= 0.3 is 0 Å². The molecule has 2 unspecified atom stereocenters. The number of hydrogen-bond donors (Lipinski definition) is 0. The maximum atomic E-state index is 12.6. The van der Waals surface area contributed by atoms with Crippen molar-refractivity contribution in [2.45, 2.75) is 20.3 Å². The zero-order valence-electron chi connectivity index (χ0n) is 10.9. The van der Waals surface area contributed by atoms with Crippen LogP contribution in [0.15, 0.2) is 12.1 Å². The van der Waals surface area contributed by atoms with Gasteiger partial charge in [-0.1, -0.05) is 48.7 Å². The van der Waals surface area contributed by atoms with Crippen molar-refractivity contribution < 1.29 is 4.79 Å². The highest BCUT2D eigenvalue weighted by Gasteiger charge is 2.28. The molecule has 1 heterocycles. The van der Waals surface area contributed by atoms with Crippen LogP contribution < -0.4 is 0 Å². The first-order chi connectivity index (χ1) is 8.88. The van der Waals surface area contributed by atoms with E-state index in [0.717, 1.165) is 19.5 Å². The lowest BCUT2D eigenvalue weighted by Crippen LogP contribution is -2.42. The van der Waals surface area contributed by atoms with E-state index in [0.29, 0.717) is 32.5 Å². The summed E-state index contributed by atoms with van der Waals surface area (Å²) in [4.78, 5) is 14.4. The van der Waals surface area contributed by atoms with Gasteiger partial charge in [0.05, 0.1) is 15.6 Å². The lowest BCUT2D eigenvalue weighted by atomic mass is 9.91. The van der Waals surface area contributed by atoms with E-state index in [-0.39, 0.29) is 5.91 Å². The quantitative estimate of drug-likeness (QED) is 0.730. The zero-order chi connectivity index (χ0) is 14.2. The third-order valence-corrected chi connectivity index (χ3v) is 4.19. The minimum absolute atomic E-state index is 0.106. The van der Waals surface area contributed by atoms with E-state index in [4.69, 9.17) is 34.8 Å². The highest BCUT2D eigenvalue weighted by atomic mass is 35.5. The average Bonchev–Trinajstić information content (AvgIpc) is 2.25. The van der Waals surface area contributed by atoms with Crippen LogP contribution in [0.3, 0.4) is 0 Å². The number of rotatable bonds is 1. The van der Waals surface area contributed by atoms with Crippen LogP contribution in [0.4, 0.5) is 0 Å². The minimum Gasteiger partial charge on any atom is -0.338 e. The largest absolute Gasteiger partial charge is 0.338 e. The molecule has 0 aliphatic carbocycles. The average molecular weight is 321 g/mol. The van der Waals surface area contributed by atoms with Crippen molar-refractivity contribution in [1.82, 2.24) is 4.90 Å². The molecule has 2 nitrogen and oxygen atoms in total. The molecule has 0 bridgehead atoms. The van der Waals surface area contributed by atoms with Gasteiger partial charge < -0.3 is 4.90 Å². The molecule has 0 saturated carbocycles. The fraction of sp³-hybridized carbons (Fsp3) is 0.500. The van der Waals surface area contributed by atoms with Gasteiger partial charge in [0.1, 0.15) is 0 Å². The Bertz CT molecular complexity index is 470. The van der Waals surface area contributed by atoms with Crippen LogP contribution in [0.5, 0.6) is 0 Å². The first-order valence-corrected chi connectivity index (χ1v) is 7.45. The molecule has 1 aliphatic rings. The summed E-state index contributed by atoms with van der Waals surface area (Å²) in [6, 6.07) is 3.11. The predicted molar refractivity (Wildman–Crippen MR) is 80.3 cm³/mol. The maximum absolute atomic E-state index is 12.6. The topological polar surface area (TPSA) is 20.3 Å². The molecular formula is C14H16Cl3NO. The molecule has 0 radical (unpaired) electrons. The molecule has 0 spiro atoms. The van der Waals surface area contributed by atoms with E-state index < -0.39 is 0 Å². The van der Waals surface area contributed by atoms with E-state index in [2.05, 4.69) is 13.8 Å². The summed E-state index contributed by atoms with van der Waals surface area (Å²) in [5.41, 5.74) is 0.356. The van der Waals surface area contributed by atoms with Crippen LogP contribution in [-0.2, 0) is 0 Å². The molecule has 1 saturated heterocycles. The van der Waals surface area contributed by atoms with Crippen molar-refractivity contribution in [2.75, 3.05) is 13.1 Å². The smallest absolute Gasteiger partial charge is 0.256 e. The first-order valence-electron chi connectivity index (χ1n) is 6.32. The number of halogens is 3. The van der Waals surface area contributed by atoms with Gasteiger partial charge in [-0.2, -0.15) is 0 Å². The molecule has 104 valence electrons. The summed E-state index contributed by atoms with van der Waals surface area (Å²) >= 11 is 18.1. The first kappa shape index (κ1) is 15.0. The van der Waals surface area contributed by atoms with Gasteiger partial charge in [-0.15, -0.1) is 0 Å². The molecule has 1 aliphatic heterocycles. The lowest BCUT2D eigenvalue weighted by Gasteiger charge is -2.35. The van der Waals surface area contributed by atoms with Crippen LogP contribution >= 0.6 is 34.8 Å². The summed E-state index contributed by atoms with van der Waals surface area (Å²) in [6.07, 6.45) is 1.14. The van der Waals surface area contributed by atoms with Crippen molar-refractivity contribution in [2.24, 2.45) is 11.8 Å². The second-order valence-electron chi connectivity index (χ2n) is 5.40. The third-order valence-electron chi connectivity index (χ3n) is 3.38. The SMILES string of the molecule is CC1CC(C)CN(C(=O)c2c(Cl)cc(Cl)cc2Cl)C1. The Kier molecular flexibility index (Phi) is 4.65. The number of benzene rings is 1. The normalized spacial score (nSPS) is 23.5. The van der Waals surface area contributed by atoms with Crippen LogP contribution in [0.25, 0.3) is 0 Å². The van der Waals surface area contributed by atoms with Gasteiger partial charge in [-0.05, 0) is 30.4 Å². The molecule has 5 heteroatoms. The predicted octanol–water partition coefficient (Wildman–Crippen LogP) is 4.76. The van der Waals surface area contributed by atoms with Gasteiger partial charge in [-0.3, -0.25) is 4.79 Å². The molecule has 1 aromatic carbocycles. The second-order valence-corrected chi connectivity index (χ2v) is 6.65. The molecule has 2 atom stereocenters. The number of hydrogen-bond acceptors (Lipinski definition) is 1. The zero-order valence-corrected chi connectivity index (χ0v) is 13.2. The van der Waals surface area contributed by atoms with E-state index in [1.165, 1.54) is 0 Å². The summed E-state index contributed by atoms with van der Waals surface area (Å²) in [5.74, 6) is 0.889. The molecular weight excluding hydrogens is 305 g/mol. The summed E-state index contributed by atoms with van der Waals surface area (Å²) in [6.45, 7) is 5.80. The Balaban J connectivity index is 2.29. The Morgan fingerprint density at radius 3 is 2.05 bits per heavy atom. The van der Waals surface area contributed by atoms with Crippen LogP contribution in [0, 0.1) is 11.8 Å². The maximum Gasteiger partial charge on any atom is 0.256 e. The van der Waals surface area contributed by atoms with E-state index in [1.807, 2.05) is 4.90 Å². The van der Waals surface area contributed by atoms with E-state index in [9.17, 15) is 4.79 Å². The fourth-order valence-corrected chi connectivity index (χ4v) is 3.71. The Hall–Kier alpha value is -0.440. The highest BCUT2D eigenvalue weighted by Crippen LogP contribution is 2.31. The molecule has 1 fully saturated rings. The van der Waals surface area contributed by atoms with Gasteiger partial charge in [0, 0.05) is 18.1 Å². The number of carbonyl (C=O) groups excluding carboxylic acids is 1. The molecule has 19 heavy (non-hydrogen) atoms. The summed E-state index contributed by atoms with van der Waals surface area (Å²) in [7, 11) is 0. The standard InChI is InChI=1S/C14H16Cl3NO/c1-8-3-9(2)7-18(6-8)14(19)13-11(16)4-10(15)5-12(13)17/h4-5,8-9H,3,6-7H2,1-2H3. The van der Waals surface area contributed by atoms with E-state index in [1.54, 1.807) is 12.1 Å². The van der Waals surface area contributed by atoms with Crippen molar-refractivity contribution >= 4 is 40.7 Å². The molecule has 1 aromatic rings. The molecule has 0 N–H and O–H groups in total. The minimum atomic E-state index is -0.106. The number of likely N-dealkylation sites (tertiary alicyclic amines) is 1. The van der Waals surface area contributed by atoms with Crippen molar-refractivity contribution in [3.05, 3.63) is 32.8 Å². The number of nitrogens with zero attached hydrogens (tertiary/aromatic N) is 1. The number of piperidine rings is 1. The van der Waals surface area contributed by atoms with Crippen LogP contribution in [-0.4, -0.2) is 23.9 Å². The van der Waals surface area contributed by atoms with Crippen LogP contribution in [0.1, 0.15) is 30.6 Å². The van der Waals surface area contributed by atoms with Gasteiger partial charge in [-0.25, -0.2) is 0 Å². The monoisotopic (exact) mass is 319 g/mol. The number of amides is 1. The van der Waals surface area contributed by atoms with Gasteiger partial charge in [0.25, 0.3) is 5.91 Å². The van der Waals surface area contributed by atoms with Gasteiger partial charge in [0.15, 0.2) is 0 Å². The molecule has 0 aromatic heterocycles. The molecule has 1 amide bonds. The van der Waals surface area contributed by atoms with Crippen molar-refractivity contribution in [1.29, 1.82) is 0 Å². The van der Waals surface area contributed by atoms with E-state index >= 15 is 0 Å². The number of carbonyl (C=O) groups is 1. The second kappa shape index (κ2) is 5.90. The molecule has 2 rings (SSSR count). The van der Waals surface area contributed by atoms with Crippen molar-refractivity contribution in [3.8, 4) is 0 Å². The van der Waals surface area contributed by atoms with Gasteiger partial charge in [0.2, 0.25) is 0 Å². The Morgan fingerprint density at radius 1 is 1.11 bits per heavy atom. The van der Waals surface area contributed by atoms with Crippen LogP contribution in [0.2, 0.25) is 15.1 Å². The Morgan fingerprint density at radius 2 is 1.58 bits per heavy atom. The highest BCUT2D eigenvalue weighted by molar-refractivity contribution is 6.42. The summed E-state index contributed by atoms with van der Waals surface area (Å²) < 4.78 is 0. The summed E-state index contributed by atoms with van der Waals surface area (Å²) in [5, 5.41) is 1.06. The Labute approximate surface area is 128 Å². The van der Waals surface area contributed by atoms with Crippen molar-refractivity contribution in [3.63, 3.8) is 0 Å². The lowest BCUT2D eigenvalue weighted by molar-refractivity contribution is 0.0623.